The van der Waals surface area contributed by atoms with Gasteiger partial charge in [-0.25, -0.2) is 8.42 Å². The predicted octanol–water partition coefficient (Wildman–Crippen LogP) is 0.780. The van der Waals surface area contributed by atoms with E-state index in [1.165, 1.54) is 10.6 Å². The van der Waals surface area contributed by atoms with E-state index in [1.54, 1.807) is 19.2 Å². The molecule has 1 rings (SSSR count). The molecule has 1 heterocycles. The lowest BCUT2D eigenvalue weighted by Gasteiger charge is -2.15. The van der Waals surface area contributed by atoms with E-state index < -0.39 is 10.0 Å². The highest BCUT2D eigenvalue weighted by Crippen LogP contribution is 2.09. The number of nitrogens with zero attached hydrogens (tertiary/aromatic N) is 1. The third-order valence-electron chi connectivity index (χ3n) is 2.29. The topological polar surface area (TPSA) is 76.5 Å². The summed E-state index contributed by atoms with van der Waals surface area (Å²) in [5.74, 6) is 0.784. The molecule has 0 atom stereocenters. The van der Waals surface area contributed by atoms with Crippen LogP contribution in [0.25, 0.3) is 0 Å². The highest BCUT2D eigenvalue weighted by Gasteiger charge is 2.18. The Morgan fingerprint density at radius 3 is 2.75 bits per heavy atom. The first-order valence-corrected chi connectivity index (χ1v) is 6.83. The number of unbranched alkanes of at least 4 members (excludes halogenated alkanes) is 1. The normalized spacial score (nSPS) is 12.2. The SMILES string of the molecule is CN(Cc1ccco1)S(=O)(=O)CCCCN. The Morgan fingerprint density at radius 2 is 2.19 bits per heavy atom. The van der Waals surface area contributed by atoms with Gasteiger partial charge < -0.3 is 10.2 Å². The summed E-state index contributed by atoms with van der Waals surface area (Å²) >= 11 is 0. The third-order valence-corrected chi connectivity index (χ3v) is 4.17. The van der Waals surface area contributed by atoms with E-state index in [2.05, 4.69) is 0 Å². The Balaban J connectivity index is 2.48. The molecule has 0 spiro atoms. The summed E-state index contributed by atoms with van der Waals surface area (Å²) in [6.07, 6.45) is 2.86. The van der Waals surface area contributed by atoms with Gasteiger partial charge in [0, 0.05) is 7.05 Å². The van der Waals surface area contributed by atoms with Crippen LogP contribution in [0, 0.1) is 0 Å². The van der Waals surface area contributed by atoms with E-state index in [-0.39, 0.29) is 12.3 Å². The van der Waals surface area contributed by atoms with E-state index in [0.29, 0.717) is 18.7 Å². The molecule has 0 aliphatic rings. The maximum absolute atomic E-state index is 11.8. The number of hydrogen-bond acceptors (Lipinski definition) is 4. The summed E-state index contributed by atoms with van der Waals surface area (Å²) in [6, 6.07) is 3.50. The molecule has 2 N–H and O–H groups in total. The van der Waals surface area contributed by atoms with Gasteiger partial charge in [0.1, 0.15) is 5.76 Å². The van der Waals surface area contributed by atoms with Crippen molar-refractivity contribution in [1.29, 1.82) is 0 Å². The summed E-state index contributed by atoms with van der Waals surface area (Å²) < 4.78 is 30.0. The van der Waals surface area contributed by atoms with Gasteiger partial charge in [-0.15, -0.1) is 0 Å². The number of rotatable bonds is 7. The first kappa shape index (κ1) is 13.2. The molecule has 0 unspecified atom stereocenters. The van der Waals surface area contributed by atoms with Crippen LogP contribution in [0.1, 0.15) is 18.6 Å². The van der Waals surface area contributed by atoms with Gasteiger partial charge in [-0.3, -0.25) is 0 Å². The summed E-state index contributed by atoms with van der Waals surface area (Å²) in [4.78, 5) is 0. The first-order chi connectivity index (χ1) is 7.56. The third kappa shape index (κ3) is 3.96. The number of nitrogens with two attached hydrogens (primary N) is 1. The van der Waals surface area contributed by atoms with Crippen molar-refractivity contribution in [3.05, 3.63) is 24.2 Å². The molecule has 5 nitrogen and oxygen atoms in total. The lowest BCUT2D eigenvalue weighted by molar-refractivity contribution is 0.405. The van der Waals surface area contributed by atoms with Crippen LogP contribution >= 0.6 is 0 Å². The Kier molecular flexibility index (Phi) is 4.98. The lowest BCUT2D eigenvalue weighted by Crippen LogP contribution is -2.28. The van der Waals surface area contributed by atoms with Gasteiger partial charge in [-0.05, 0) is 31.5 Å². The average molecular weight is 246 g/mol. The zero-order valence-corrected chi connectivity index (χ0v) is 10.2. The van der Waals surface area contributed by atoms with Crippen molar-refractivity contribution in [2.24, 2.45) is 5.73 Å². The molecule has 0 aromatic carbocycles. The van der Waals surface area contributed by atoms with Crippen LogP contribution in [-0.4, -0.2) is 32.1 Å². The molecule has 16 heavy (non-hydrogen) atoms. The van der Waals surface area contributed by atoms with Gasteiger partial charge in [0.05, 0.1) is 18.6 Å². The van der Waals surface area contributed by atoms with Gasteiger partial charge in [-0.2, -0.15) is 4.31 Å². The zero-order valence-electron chi connectivity index (χ0n) is 9.43. The second-order valence-corrected chi connectivity index (χ2v) is 5.84. The van der Waals surface area contributed by atoms with Gasteiger partial charge in [0.2, 0.25) is 10.0 Å². The van der Waals surface area contributed by atoms with E-state index in [0.717, 1.165) is 6.42 Å². The molecule has 0 aliphatic carbocycles. The number of furan rings is 1. The van der Waals surface area contributed by atoms with Crippen LogP contribution in [0.3, 0.4) is 0 Å². The molecular weight excluding hydrogens is 228 g/mol. The molecule has 1 aromatic rings. The Morgan fingerprint density at radius 1 is 1.44 bits per heavy atom. The largest absolute Gasteiger partial charge is 0.468 e. The summed E-state index contributed by atoms with van der Waals surface area (Å²) in [6.45, 7) is 0.801. The van der Waals surface area contributed by atoms with E-state index in [4.69, 9.17) is 10.2 Å². The molecule has 0 amide bonds. The molecule has 0 saturated heterocycles. The molecular formula is C10H18N2O3S. The molecule has 1 aromatic heterocycles. The van der Waals surface area contributed by atoms with Crippen molar-refractivity contribution < 1.29 is 12.8 Å². The summed E-state index contributed by atoms with van der Waals surface area (Å²) in [5, 5.41) is 0. The second-order valence-electron chi connectivity index (χ2n) is 3.65. The van der Waals surface area contributed by atoms with Crippen LogP contribution in [0.5, 0.6) is 0 Å². The van der Waals surface area contributed by atoms with Gasteiger partial charge in [0.25, 0.3) is 0 Å². The van der Waals surface area contributed by atoms with Crippen molar-refractivity contribution in [1.82, 2.24) is 4.31 Å². The predicted molar refractivity (Wildman–Crippen MR) is 62.3 cm³/mol. The molecule has 0 bridgehead atoms. The van der Waals surface area contributed by atoms with E-state index >= 15 is 0 Å². The van der Waals surface area contributed by atoms with Crippen LogP contribution in [-0.2, 0) is 16.6 Å². The quantitative estimate of drug-likeness (QED) is 0.721. The van der Waals surface area contributed by atoms with Crippen molar-refractivity contribution in [3.63, 3.8) is 0 Å². The number of hydrogen-bond donors (Lipinski definition) is 1. The van der Waals surface area contributed by atoms with E-state index in [1.807, 2.05) is 0 Å². The van der Waals surface area contributed by atoms with Crippen molar-refractivity contribution in [2.45, 2.75) is 19.4 Å². The average Bonchev–Trinajstić information content (AvgIpc) is 2.70. The minimum absolute atomic E-state index is 0.140. The highest BCUT2D eigenvalue weighted by atomic mass is 32.2. The molecule has 0 radical (unpaired) electrons. The fourth-order valence-corrected chi connectivity index (χ4v) is 2.51. The second kappa shape index (κ2) is 6.03. The zero-order chi connectivity index (χ0) is 12.0. The number of sulfonamides is 1. The van der Waals surface area contributed by atoms with Crippen LogP contribution in [0.4, 0.5) is 0 Å². The van der Waals surface area contributed by atoms with Crippen molar-refractivity contribution >= 4 is 10.0 Å². The monoisotopic (exact) mass is 246 g/mol. The minimum atomic E-state index is -3.19. The fraction of sp³-hybridized carbons (Fsp3) is 0.600. The maximum Gasteiger partial charge on any atom is 0.214 e. The summed E-state index contributed by atoms with van der Waals surface area (Å²) in [5.41, 5.74) is 5.32. The Labute approximate surface area is 96.3 Å². The molecule has 0 aliphatic heterocycles. The van der Waals surface area contributed by atoms with Gasteiger partial charge in [-0.1, -0.05) is 0 Å². The highest BCUT2D eigenvalue weighted by molar-refractivity contribution is 7.89. The fourth-order valence-electron chi connectivity index (χ4n) is 1.30. The maximum atomic E-state index is 11.8. The smallest absolute Gasteiger partial charge is 0.214 e. The van der Waals surface area contributed by atoms with Gasteiger partial charge in [0.15, 0.2) is 0 Å². The molecule has 92 valence electrons. The van der Waals surface area contributed by atoms with Crippen LogP contribution in [0.2, 0.25) is 0 Å². The van der Waals surface area contributed by atoms with Crippen LogP contribution in [0.15, 0.2) is 22.8 Å². The Bertz CT molecular complexity index is 386. The standard InChI is InChI=1S/C10H18N2O3S/c1-12(9-10-5-4-7-15-10)16(13,14)8-3-2-6-11/h4-5,7H,2-3,6,8-9,11H2,1H3. The van der Waals surface area contributed by atoms with Crippen LogP contribution < -0.4 is 5.73 Å². The minimum Gasteiger partial charge on any atom is -0.468 e. The molecule has 0 fully saturated rings. The summed E-state index contributed by atoms with van der Waals surface area (Å²) in [7, 11) is -1.63. The Hall–Kier alpha value is -0.850. The van der Waals surface area contributed by atoms with Crippen molar-refractivity contribution in [2.75, 3.05) is 19.3 Å². The van der Waals surface area contributed by atoms with E-state index in [9.17, 15) is 8.42 Å². The molecule has 6 heteroatoms. The lowest BCUT2D eigenvalue weighted by atomic mass is 10.3. The van der Waals surface area contributed by atoms with Crippen molar-refractivity contribution in [3.8, 4) is 0 Å². The molecule has 0 saturated carbocycles. The first-order valence-electron chi connectivity index (χ1n) is 5.22. The van der Waals surface area contributed by atoms with Gasteiger partial charge >= 0.3 is 0 Å².